The Balaban J connectivity index is 1.51. The Bertz CT molecular complexity index is 517. The molecular formula is C16H20FN3. The van der Waals surface area contributed by atoms with Crippen LogP contribution in [0.4, 0.5) is 4.39 Å². The molecule has 1 aliphatic rings. The fourth-order valence-corrected chi connectivity index (χ4v) is 2.60. The molecule has 1 atom stereocenters. The molecular weight excluding hydrogens is 253 g/mol. The van der Waals surface area contributed by atoms with Gasteiger partial charge in [-0.3, -0.25) is 0 Å². The Hall–Kier alpha value is -1.68. The second-order valence-corrected chi connectivity index (χ2v) is 5.46. The molecule has 3 rings (SSSR count). The minimum Gasteiger partial charge on any atom is -0.349 e. The number of hydrogen-bond donors (Lipinski definition) is 2. The van der Waals surface area contributed by atoms with E-state index in [4.69, 9.17) is 0 Å². The number of rotatable bonds is 7. The highest BCUT2D eigenvalue weighted by molar-refractivity contribution is 5.22. The van der Waals surface area contributed by atoms with E-state index in [9.17, 15) is 4.39 Å². The molecule has 1 aliphatic carbocycles. The van der Waals surface area contributed by atoms with Crippen LogP contribution >= 0.6 is 0 Å². The lowest BCUT2D eigenvalue weighted by molar-refractivity contribution is 0.473. The van der Waals surface area contributed by atoms with Gasteiger partial charge in [-0.1, -0.05) is 12.1 Å². The summed E-state index contributed by atoms with van der Waals surface area (Å²) in [6, 6.07) is 7.27. The number of halogens is 1. The van der Waals surface area contributed by atoms with Crippen LogP contribution in [0.15, 0.2) is 36.7 Å². The lowest BCUT2D eigenvalue weighted by Crippen LogP contribution is -2.24. The number of aryl methyl sites for hydroxylation is 1. The summed E-state index contributed by atoms with van der Waals surface area (Å²) in [5.41, 5.74) is 1.20. The first-order valence-electron chi connectivity index (χ1n) is 7.30. The van der Waals surface area contributed by atoms with E-state index >= 15 is 0 Å². The highest BCUT2D eigenvalue weighted by atomic mass is 19.1. The highest BCUT2D eigenvalue weighted by Gasteiger charge is 2.31. The molecule has 2 N–H and O–H groups in total. The summed E-state index contributed by atoms with van der Waals surface area (Å²) < 4.78 is 13.0. The van der Waals surface area contributed by atoms with Crippen LogP contribution < -0.4 is 5.32 Å². The molecule has 1 aromatic heterocycles. The summed E-state index contributed by atoms with van der Waals surface area (Å²) in [7, 11) is 0. The molecule has 1 heterocycles. The maximum absolute atomic E-state index is 13.0. The van der Waals surface area contributed by atoms with Crippen LogP contribution in [0.25, 0.3) is 0 Å². The topological polar surface area (TPSA) is 40.7 Å². The Kier molecular flexibility index (Phi) is 4.11. The van der Waals surface area contributed by atoms with Crippen LogP contribution in [0.1, 0.15) is 36.7 Å². The number of aromatic amines is 1. The van der Waals surface area contributed by atoms with Crippen molar-refractivity contribution in [1.82, 2.24) is 15.3 Å². The van der Waals surface area contributed by atoms with Gasteiger partial charge in [0.05, 0.1) is 0 Å². The molecule has 0 radical (unpaired) electrons. The molecule has 1 unspecified atom stereocenters. The minimum absolute atomic E-state index is 0.166. The number of H-pyrrole nitrogens is 1. The molecule has 0 spiro atoms. The number of hydrogen-bond acceptors (Lipinski definition) is 2. The first-order chi connectivity index (χ1) is 9.83. The number of aromatic nitrogens is 2. The van der Waals surface area contributed by atoms with Crippen LogP contribution in [-0.4, -0.2) is 16.5 Å². The number of benzene rings is 1. The molecule has 2 aromatic rings. The Morgan fingerprint density at radius 2 is 2.10 bits per heavy atom. The van der Waals surface area contributed by atoms with Crippen molar-refractivity contribution in [2.24, 2.45) is 5.92 Å². The minimum atomic E-state index is -0.166. The van der Waals surface area contributed by atoms with Crippen molar-refractivity contribution in [1.29, 1.82) is 0 Å². The third kappa shape index (κ3) is 3.45. The summed E-state index contributed by atoms with van der Waals surface area (Å²) >= 11 is 0. The van der Waals surface area contributed by atoms with Gasteiger partial charge in [-0.2, -0.15) is 0 Å². The van der Waals surface area contributed by atoms with Gasteiger partial charge in [-0.05, 0) is 49.4 Å². The van der Waals surface area contributed by atoms with E-state index in [-0.39, 0.29) is 5.82 Å². The summed E-state index contributed by atoms with van der Waals surface area (Å²) in [6.07, 6.45) is 8.20. The van der Waals surface area contributed by atoms with E-state index in [2.05, 4.69) is 15.3 Å². The normalized spacial score (nSPS) is 16.2. The Morgan fingerprint density at radius 1 is 1.30 bits per heavy atom. The van der Waals surface area contributed by atoms with Crippen molar-refractivity contribution >= 4 is 0 Å². The zero-order chi connectivity index (χ0) is 13.8. The van der Waals surface area contributed by atoms with Crippen molar-refractivity contribution in [2.75, 3.05) is 6.54 Å². The number of imidazole rings is 1. The molecule has 0 saturated heterocycles. The number of nitrogens with one attached hydrogen (secondary N) is 2. The predicted octanol–water partition coefficient (Wildman–Crippen LogP) is 3.22. The fourth-order valence-electron chi connectivity index (χ4n) is 2.60. The monoisotopic (exact) mass is 273 g/mol. The van der Waals surface area contributed by atoms with Gasteiger partial charge < -0.3 is 10.3 Å². The second kappa shape index (κ2) is 6.18. The second-order valence-electron chi connectivity index (χ2n) is 5.46. The molecule has 0 bridgehead atoms. The first kappa shape index (κ1) is 13.3. The van der Waals surface area contributed by atoms with E-state index in [1.807, 2.05) is 18.3 Å². The zero-order valence-electron chi connectivity index (χ0n) is 11.5. The van der Waals surface area contributed by atoms with Crippen molar-refractivity contribution in [3.63, 3.8) is 0 Å². The fraction of sp³-hybridized carbons (Fsp3) is 0.438. The lowest BCUT2D eigenvalue weighted by atomic mass is 10.0. The summed E-state index contributed by atoms with van der Waals surface area (Å²) in [6.45, 7) is 0.958. The average molecular weight is 273 g/mol. The van der Waals surface area contributed by atoms with E-state index in [1.165, 1.54) is 18.4 Å². The van der Waals surface area contributed by atoms with Gasteiger partial charge in [0, 0.05) is 24.9 Å². The van der Waals surface area contributed by atoms with Crippen molar-refractivity contribution < 1.29 is 4.39 Å². The van der Waals surface area contributed by atoms with E-state index in [0.29, 0.717) is 12.0 Å². The van der Waals surface area contributed by atoms with Crippen LogP contribution in [0.3, 0.4) is 0 Å². The SMILES string of the molecule is Fc1ccc(C(NCCCc2ncc[nH]2)C2CC2)cc1. The van der Waals surface area contributed by atoms with Gasteiger partial charge in [0.25, 0.3) is 0 Å². The molecule has 0 amide bonds. The average Bonchev–Trinajstić information content (AvgIpc) is 3.16. The van der Waals surface area contributed by atoms with E-state index in [0.717, 1.165) is 25.2 Å². The first-order valence-corrected chi connectivity index (χ1v) is 7.30. The summed E-state index contributed by atoms with van der Waals surface area (Å²) in [5, 5.41) is 3.62. The van der Waals surface area contributed by atoms with Gasteiger partial charge in [0.1, 0.15) is 11.6 Å². The molecule has 1 saturated carbocycles. The van der Waals surface area contributed by atoms with Crippen LogP contribution in [0.2, 0.25) is 0 Å². The maximum Gasteiger partial charge on any atom is 0.123 e. The Labute approximate surface area is 118 Å². The predicted molar refractivity (Wildman–Crippen MR) is 76.8 cm³/mol. The highest BCUT2D eigenvalue weighted by Crippen LogP contribution is 2.40. The van der Waals surface area contributed by atoms with Crippen molar-refractivity contribution in [3.8, 4) is 0 Å². The van der Waals surface area contributed by atoms with Crippen LogP contribution in [0, 0.1) is 11.7 Å². The smallest absolute Gasteiger partial charge is 0.123 e. The van der Waals surface area contributed by atoms with E-state index in [1.54, 1.807) is 18.3 Å². The lowest BCUT2D eigenvalue weighted by Gasteiger charge is -2.18. The van der Waals surface area contributed by atoms with Gasteiger partial charge in [0.15, 0.2) is 0 Å². The molecule has 3 nitrogen and oxygen atoms in total. The van der Waals surface area contributed by atoms with Gasteiger partial charge >= 0.3 is 0 Å². The standard InChI is InChI=1S/C16H20FN3/c17-14-7-5-13(6-8-14)16(12-3-4-12)20-9-1-2-15-18-10-11-19-15/h5-8,10-12,16,20H,1-4,9H2,(H,18,19). The van der Waals surface area contributed by atoms with Gasteiger partial charge in [0.2, 0.25) is 0 Å². The largest absolute Gasteiger partial charge is 0.349 e. The molecule has 0 aliphatic heterocycles. The van der Waals surface area contributed by atoms with Crippen molar-refractivity contribution in [3.05, 3.63) is 53.9 Å². The molecule has 1 fully saturated rings. The van der Waals surface area contributed by atoms with Crippen LogP contribution in [-0.2, 0) is 6.42 Å². The summed E-state index contributed by atoms with van der Waals surface area (Å²) in [4.78, 5) is 7.34. The Morgan fingerprint density at radius 3 is 2.75 bits per heavy atom. The quantitative estimate of drug-likeness (QED) is 0.760. The zero-order valence-corrected chi connectivity index (χ0v) is 11.5. The van der Waals surface area contributed by atoms with Gasteiger partial charge in [-0.15, -0.1) is 0 Å². The van der Waals surface area contributed by atoms with E-state index < -0.39 is 0 Å². The molecule has 4 heteroatoms. The number of nitrogens with zero attached hydrogens (tertiary/aromatic N) is 1. The van der Waals surface area contributed by atoms with Gasteiger partial charge in [-0.25, -0.2) is 9.37 Å². The van der Waals surface area contributed by atoms with Crippen molar-refractivity contribution in [2.45, 2.75) is 31.7 Å². The molecule has 106 valence electrons. The molecule has 20 heavy (non-hydrogen) atoms. The molecule has 1 aromatic carbocycles. The third-order valence-electron chi connectivity index (χ3n) is 3.83. The van der Waals surface area contributed by atoms with Crippen LogP contribution in [0.5, 0.6) is 0 Å². The maximum atomic E-state index is 13.0. The third-order valence-corrected chi connectivity index (χ3v) is 3.83. The summed E-state index contributed by atoms with van der Waals surface area (Å²) in [5.74, 6) is 1.58.